The van der Waals surface area contributed by atoms with Gasteiger partial charge in [-0.2, -0.15) is 0 Å². The lowest BCUT2D eigenvalue weighted by Crippen LogP contribution is -2.30. The monoisotopic (exact) mass is 325 g/mol. The minimum Gasteiger partial charge on any atom is -0.490 e. The van der Waals surface area contributed by atoms with Crippen LogP contribution in [-0.2, 0) is 6.54 Å². The molecule has 24 heavy (non-hydrogen) atoms. The molecule has 1 saturated carbocycles. The standard InChI is InChI=1S/C21H27NO2/c1-3-10-19(11-4-1)22-17-18-9-7-8-14-21(18)24-16-15-23-20-12-5-2-6-13-20/h2,5-9,12-14,19,22H,1,3-4,10-11,15-17H2. The van der Waals surface area contributed by atoms with Crippen molar-refractivity contribution in [3.8, 4) is 11.5 Å². The zero-order valence-corrected chi connectivity index (χ0v) is 14.2. The molecule has 0 heterocycles. The van der Waals surface area contributed by atoms with Crippen molar-refractivity contribution in [2.24, 2.45) is 0 Å². The van der Waals surface area contributed by atoms with E-state index in [4.69, 9.17) is 9.47 Å². The van der Waals surface area contributed by atoms with E-state index in [0.717, 1.165) is 18.0 Å². The molecule has 0 radical (unpaired) electrons. The van der Waals surface area contributed by atoms with Crippen LogP contribution in [0.2, 0.25) is 0 Å². The summed E-state index contributed by atoms with van der Waals surface area (Å²) in [6.07, 6.45) is 6.69. The minimum absolute atomic E-state index is 0.550. The summed E-state index contributed by atoms with van der Waals surface area (Å²) in [5, 5.41) is 3.68. The Balaban J connectivity index is 1.44. The van der Waals surface area contributed by atoms with Gasteiger partial charge in [0.25, 0.3) is 0 Å². The van der Waals surface area contributed by atoms with Crippen molar-refractivity contribution >= 4 is 0 Å². The van der Waals surface area contributed by atoms with Crippen LogP contribution in [-0.4, -0.2) is 19.3 Å². The number of para-hydroxylation sites is 2. The normalized spacial score (nSPS) is 15.2. The van der Waals surface area contributed by atoms with Crippen LogP contribution < -0.4 is 14.8 Å². The minimum atomic E-state index is 0.550. The summed E-state index contributed by atoms with van der Waals surface area (Å²) in [6.45, 7) is 1.98. The Morgan fingerprint density at radius 1 is 0.792 bits per heavy atom. The zero-order valence-electron chi connectivity index (χ0n) is 14.2. The first-order valence-electron chi connectivity index (χ1n) is 9.04. The van der Waals surface area contributed by atoms with Crippen LogP contribution >= 0.6 is 0 Å². The van der Waals surface area contributed by atoms with Crippen LogP contribution in [0.1, 0.15) is 37.7 Å². The van der Waals surface area contributed by atoms with Crippen LogP contribution in [0.15, 0.2) is 54.6 Å². The van der Waals surface area contributed by atoms with Gasteiger partial charge < -0.3 is 14.8 Å². The number of nitrogens with one attached hydrogen (secondary N) is 1. The third-order valence-electron chi connectivity index (χ3n) is 4.51. The Bertz CT molecular complexity index is 594. The lowest BCUT2D eigenvalue weighted by Gasteiger charge is -2.23. The maximum atomic E-state index is 5.93. The van der Waals surface area contributed by atoms with Crippen molar-refractivity contribution in [1.29, 1.82) is 0 Å². The molecule has 2 aromatic rings. The molecule has 2 aromatic carbocycles. The van der Waals surface area contributed by atoms with Gasteiger partial charge >= 0.3 is 0 Å². The van der Waals surface area contributed by atoms with Crippen molar-refractivity contribution in [3.63, 3.8) is 0 Å². The van der Waals surface area contributed by atoms with Gasteiger partial charge in [-0.05, 0) is 31.0 Å². The van der Waals surface area contributed by atoms with Crippen molar-refractivity contribution < 1.29 is 9.47 Å². The van der Waals surface area contributed by atoms with Gasteiger partial charge in [-0.1, -0.05) is 55.7 Å². The molecule has 0 amide bonds. The van der Waals surface area contributed by atoms with Gasteiger partial charge in [0, 0.05) is 18.2 Å². The molecule has 0 unspecified atom stereocenters. The summed E-state index contributed by atoms with van der Waals surface area (Å²) < 4.78 is 11.6. The van der Waals surface area contributed by atoms with Crippen molar-refractivity contribution in [1.82, 2.24) is 5.32 Å². The van der Waals surface area contributed by atoms with Gasteiger partial charge in [0.05, 0.1) is 0 Å². The second-order valence-electron chi connectivity index (χ2n) is 6.33. The Hall–Kier alpha value is -2.00. The van der Waals surface area contributed by atoms with Crippen LogP contribution in [0.4, 0.5) is 0 Å². The summed E-state index contributed by atoms with van der Waals surface area (Å²) in [4.78, 5) is 0. The van der Waals surface area contributed by atoms with Crippen LogP contribution in [0, 0.1) is 0 Å². The van der Waals surface area contributed by atoms with Gasteiger partial charge in [0.15, 0.2) is 0 Å². The average Bonchev–Trinajstić information content (AvgIpc) is 2.66. The lowest BCUT2D eigenvalue weighted by atomic mass is 9.95. The van der Waals surface area contributed by atoms with Crippen molar-refractivity contribution in [2.75, 3.05) is 13.2 Å². The fraction of sp³-hybridized carbons (Fsp3) is 0.429. The highest BCUT2D eigenvalue weighted by atomic mass is 16.5. The highest BCUT2D eigenvalue weighted by Crippen LogP contribution is 2.21. The number of benzene rings is 2. The molecule has 128 valence electrons. The van der Waals surface area contributed by atoms with E-state index in [1.165, 1.54) is 37.7 Å². The highest BCUT2D eigenvalue weighted by Gasteiger charge is 2.13. The van der Waals surface area contributed by atoms with Gasteiger partial charge in [-0.3, -0.25) is 0 Å². The molecule has 3 nitrogen and oxygen atoms in total. The van der Waals surface area contributed by atoms with E-state index in [2.05, 4.69) is 17.4 Å². The predicted molar refractivity (Wildman–Crippen MR) is 97.6 cm³/mol. The first-order valence-corrected chi connectivity index (χ1v) is 9.04. The maximum absolute atomic E-state index is 5.93. The second kappa shape index (κ2) is 9.33. The number of rotatable bonds is 8. The average molecular weight is 325 g/mol. The van der Waals surface area contributed by atoms with Crippen molar-refractivity contribution in [2.45, 2.75) is 44.7 Å². The molecule has 0 spiro atoms. The molecule has 1 aliphatic carbocycles. The van der Waals surface area contributed by atoms with Gasteiger partial charge in [0.1, 0.15) is 24.7 Å². The number of ether oxygens (including phenoxy) is 2. The largest absolute Gasteiger partial charge is 0.490 e. The fourth-order valence-corrected chi connectivity index (χ4v) is 3.18. The third-order valence-corrected chi connectivity index (χ3v) is 4.51. The van der Waals surface area contributed by atoms with E-state index in [1.807, 2.05) is 42.5 Å². The van der Waals surface area contributed by atoms with E-state index in [1.54, 1.807) is 0 Å². The maximum Gasteiger partial charge on any atom is 0.123 e. The molecule has 0 aliphatic heterocycles. The highest BCUT2D eigenvalue weighted by molar-refractivity contribution is 5.33. The second-order valence-corrected chi connectivity index (χ2v) is 6.33. The molecule has 3 heteroatoms. The first kappa shape index (κ1) is 16.8. The van der Waals surface area contributed by atoms with Crippen LogP contribution in [0.5, 0.6) is 11.5 Å². The summed E-state index contributed by atoms with van der Waals surface area (Å²) in [5.74, 6) is 1.84. The van der Waals surface area contributed by atoms with Gasteiger partial charge in [-0.25, -0.2) is 0 Å². The summed E-state index contributed by atoms with van der Waals surface area (Å²) >= 11 is 0. The Morgan fingerprint density at radius 2 is 1.50 bits per heavy atom. The molecule has 0 bridgehead atoms. The van der Waals surface area contributed by atoms with Crippen LogP contribution in [0.25, 0.3) is 0 Å². The Labute approximate surface area is 145 Å². The fourth-order valence-electron chi connectivity index (χ4n) is 3.18. The topological polar surface area (TPSA) is 30.5 Å². The quantitative estimate of drug-likeness (QED) is 0.721. The van der Waals surface area contributed by atoms with E-state index in [-0.39, 0.29) is 0 Å². The van der Waals surface area contributed by atoms with E-state index >= 15 is 0 Å². The molecule has 1 fully saturated rings. The van der Waals surface area contributed by atoms with E-state index in [0.29, 0.717) is 19.3 Å². The smallest absolute Gasteiger partial charge is 0.123 e. The Morgan fingerprint density at radius 3 is 2.33 bits per heavy atom. The molecular formula is C21H27NO2. The predicted octanol–water partition coefficient (Wildman–Crippen LogP) is 4.57. The SMILES string of the molecule is c1ccc(OCCOc2ccccc2CNC2CCCCC2)cc1. The summed E-state index contributed by atoms with van der Waals surface area (Å²) in [5.41, 5.74) is 1.22. The van der Waals surface area contributed by atoms with Gasteiger partial charge in [0.2, 0.25) is 0 Å². The summed E-state index contributed by atoms with van der Waals surface area (Å²) in [7, 11) is 0. The molecule has 1 N–H and O–H groups in total. The van der Waals surface area contributed by atoms with E-state index < -0.39 is 0 Å². The van der Waals surface area contributed by atoms with Crippen molar-refractivity contribution in [3.05, 3.63) is 60.2 Å². The van der Waals surface area contributed by atoms with Crippen LogP contribution in [0.3, 0.4) is 0 Å². The number of hydrogen-bond acceptors (Lipinski definition) is 3. The molecule has 0 aromatic heterocycles. The molecule has 3 rings (SSSR count). The Kier molecular flexibility index (Phi) is 6.55. The molecular weight excluding hydrogens is 298 g/mol. The molecule has 1 aliphatic rings. The third kappa shape index (κ3) is 5.27. The molecule has 0 saturated heterocycles. The first-order chi connectivity index (χ1) is 11.9. The van der Waals surface area contributed by atoms with Gasteiger partial charge in [-0.15, -0.1) is 0 Å². The molecule has 0 atom stereocenters. The number of hydrogen-bond donors (Lipinski definition) is 1. The zero-order chi connectivity index (χ0) is 16.5. The summed E-state index contributed by atoms with van der Waals surface area (Å²) in [6, 6.07) is 18.8. The van der Waals surface area contributed by atoms with E-state index in [9.17, 15) is 0 Å². The lowest BCUT2D eigenvalue weighted by molar-refractivity contribution is 0.215.